The van der Waals surface area contributed by atoms with E-state index in [4.69, 9.17) is 4.74 Å². The largest absolute Gasteiger partial charge is 0.382 e. The highest BCUT2D eigenvalue weighted by Gasteiger charge is 2.33. The van der Waals surface area contributed by atoms with Gasteiger partial charge >= 0.3 is 0 Å². The molecule has 1 aliphatic heterocycles. The molecule has 0 spiro atoms. The Labute approximate surface area is 163 Å². The molecule has 0 radical (unpaired) electrons. The number of carbonyl (C=O) groups is 1. The smallest absolute Gasteiger partial charge is 0.243 e. The maximum Gasteiger partial charge on any atom is 0.243 e. The van der Waals surface area contributed by atoms with Crippen LogP contribution in [0.25, 0.3) is 0 Å². The van der Waals surface area contributed by atoms with Crippen LogP contribution in [-0.4, -0.2) is 51.5 Å². The molecule has 2 rings (SSSR count). The first-order valence-electron chi connectivity index (χ1n) is 9.70. The zero-order chi connectivity index (χ0) is 20.0. The number of hydrogen-bond acceptors (Lipinski definition) is 4. The summed E-state index contributed by atoms with van der Waals surface area (Å²) in [4.78, 5) is 12.7. The molecule has 1 aromatic rings. The molecule has 0 unspecified atom stereocenters. The monoisotopic (exact) mass is 396 g/mol. The van der Waals surface area contributed by atoms with Gasteiger partial charge in [0.25, 0.3) is 0 Å². The highest BCUT2D eigenvalue weighted by Crippen LogP contribution is 2.28. The molecule has 0 aromatic heterocycles. The molecule has 27 heavy (non-hydrogen) atoms. The van der Waals surface area contributed by atoms with Crippen LogP contribution < -0.4 is 5.32 Å². The average Bonchev–Trinajstić information content (AvgIpc) is 2.60. The average molecular weight is 397 g/mol. The van der Waals surface area contributed by atoms with Gasteiger partial charge in [-0.15, -0.1) is 0 Å². The lowest BCUT2D eigenvalue weighted by Crippen LogP contribution is -2.43. The van der Waals surface area contributed by atoms with Crippen LogP contribution in [0, 0.1) is 26.7 Å². The molecule has 1 amide bonds. The van der Waals surface area contributed by atoms with Crippen LogP contribution in [-0.2, 0) is 19.6 Å². The van der Waals surface area contributed by atoms with Crippen LogP contribution in [0.15, 0.2) is 17.0 Å². The summed E-state index contributed by atoms with van der Waals surface area (Å²) >= 11 is 0. The second kappa shape index (κ2) is 9.66. The van der Waals surface area contributed by atoms with Crippen molar-refractivity contribution in [2.45, 2.75) is 51.9 Å². The van der Waals surface area contributed by atoms with Gasteiger partial charge < -0.3 is 10.1 Å². The third kappa shape index (κ3) is 5.53. The van der Waals surface area contributed by atoms with Crippen molar-refractivity contribution in [3.8, 4) is 0 Å². The minimum absolute atomic E-state index is 0.0197. The number of hydrogen-bond donors (Lipinski definition) is 1. The quantitative estimate of drug-likeness (QED) is 0.685. The van der Waals surface area contributed by atoms with Gasteiger partial charge in [-0.25, -0.2) is 8.42 Å². The third-order valence-corrected chi connectivity index (χ3v) is 7.20. The lowest BCUT2D eigenvalue weighted by atomic mass is 9.97. The molecular formula is C20H32N2O4S. The predicted molar refractivity (Wildman–Crippen MR) is 106 cm³/mol. The van der Waals surface area contributed by atoms with Gasteiger partial charge in [0.05, 0.1) is 4.90 Å². The zero-order valence-corrected chi connectivity index (χ0v) is 17.7. The minimum atomic E-state index is -3.53. The van der Waals surface area contributed by atoms with E-state index in [2.05, 4.69) is 5.32 Å². The number of carbonyl (C=O) groups excluding carboxylic acids is 1. The van der Waals surface area contributed by atoms with Crippen molar-refractivity contribution in [1.82, 2.24) is 9.62 Å². The summed E-state index contributed by atoms with van der Waals surface area (Å²) in [7, 11) is -3.53. The van der Waals surface area contributed by atoms with Crippen LogP contribution in [0.1, 0.15) is 42.9 Å². The Morgan fingerprint density at radius 1 is 1.19 bits per heavy atom. The van der Waals surface area contributed by atoms with E-state index in [1.807, 2.05) is 39.8 Å². The first-order chi connectivity index (χ1) is 12.8. The Morgan fingerprint density at radius 2 is 1.78 bits per heavy atom. The number of aryl methyl sites for hydroxylation is 3. The van der Waals surface area contributed by atoms with Gasteiger partial charge in [0.1, 0.15) is 0 Å². The summed E-state index contributed by atoms with van der Waals surface area (Å²) in [5.74, 6) is -0.102. The number of piperidine rings is 1. The maximum atomic E-state index is 13.1. The van der Waals surface area contributed by atoms with Crippen molar-refractivity contribution in [1.29, 1.82) is 0 Å². The number of amides is 1. The van der Waals surface area contributed by atoms with Crippen LogP contribution in [0.2, 0.25) is 0 Å². The van der Waals surface area contributed by atoms with Gasteiger partial charge in [0, 0.05) is 38.8 Å². The first-order valence-corrected chi connectivity index (χ1v) is 11.1. The standard InChI is InChI=1S/C20H32N2O4S/c1-5-26-12-6-9-21-20(23)18-7-10-22(11-8-18)27(24,25)19-16(3)13-15(2)14-17(19)4/h13-14,18H,5-12H2,1-4H3,(H,21,23). The Balaban J connectivity index is 1.94. The Morgan fingerprint density at radius 3 is 2.33 bits per heavy atom. The van der Waals surface area contributed by atoms with E-state index < -0.39 is 10.0 Å². The summed E-state index contributed by atoms with van der Waals surface area (Å²) in [6, 6.07) is 3.81. The molecule has 1 aliphatic rings. The lowest BCUT2D eigenvalue weighted by Gasteiger charge is -2.31. The van der Waals surface area contributed by atoms with Crippen LogP contribution >= 0.6 is 0 Å². The molecule has 0 bridgehead atoms. The van der Waals surface area contributed by atoms with E-state index in [0.29, 0.717) is 50.6 Å². The van der Waals surface area contributed by atoms with E-state index in [0.717, 1.165) is 23.1 Å². The molecule has 1 fully saturated rings. The highest BCUT2D eigenvalue weighted by molar-refractivity contribution is 7.89. The molecule has 0 atom stereocenters. The van der Waals surface area contributed by atoms with Crippen molar-refractivity contribution in [3.05, 3.63) is 28.8 Å². The van der Waals surface area contributed by atoms with Gasteiger partial charge in [-0.05, 0) is 58.1 Å². The van der Waals surface area contributed by atoms with E-state index >= 15 is 0 Å². The second-order valence-corrected chi connectivity index (χ2v) is 9.12. The molecule has 1 heterocycles. The van der Waals surface area contributed by atoms with Gasteiger partial charge in [-0.3, -0.25) is 4.79 Å². The minimum Gasteiger partial charge on any atom is -0.382 e. The fraction of sp³-hybridized carbons (Fsp3) is 0.650. The summed E-state index contributed by atoms with van der Waals surface area (Å²) < 4.78 is 33.0. The normalized spacial score (nSPS) is 16.4. The fourth-order valence-electron chi connectivity index (χ4n) is 3.74. The molecule has 1 N–H and O–H groups in total. The van der Waals surface area contributed by atoms with Crippen LogP contribution in [0.3, 0.4) is 0 Å². The van der Waals surface area contributed by atoms with Gasteiger partial charge in [-0.1, -0.05) is 17.7 Å². The number of nitrogens with zero attached hydrogens (tertiary/aromatic N) is 1. The van der Waals surface area contributed by atoms with E-state index in [9.17, 15) is 13.2 Å². The van der Waals surface area contributed by atoms with E-state index in [-0.39, 0.29) is 11.8 Å². The lowest BCUT2D eigenvalue weighted by molar-refractivity contribution is -0.126. The van der Waals surface area contributed by atoms with Crippen LogP contribution in [0.4, 0.5) is 0 Å². The number of nitrogens with one attached hydrogen (secondary N) is 1. The fourth-order valence-corrected chi connectivity index (χ4v) is 5.62. The molecule has 1 saturated heterocycles. The Kier molecular flexibility index (Phi) is 7.82. The van der Waals surface area contributed by atoms with Gasteiger partial charge in [0.15, 0.2) is 0 Å². The van der Waals surface area contributed by atoms with Gasteiger partial charge in [-0.2, -0.15) is 4.31 Å². The maximum absolute atomic E-state index is 13.1. The van der Waals surface area contributed by atoms with Crippen LogP contribution in [0.5, 0.6) is 0 Å². The zero-order valence-electron chi connectivity index (χ0n) is 16.9. The third-order valence-electron chi connectivity index (χ3n) is 5.00. The van der Waals surface area contributed by atoms with Crippen molar-refractivity contribution in [2.24, 2.45) is 5.92 Å². The summed E-state index contributed by atoms with van der Waals surface area (Å²) in [6.07, 6.45) is 1.90. The van der Waals surface area contributed by atoms with Gasteiger partial charge in [0.2, 0.25) is 15.9 Å². The highest BCUT2D eigenvalue weighted by atomic mass is 32.2. The summed E-state index contributed by atoms with van der Waals surface area (Å²) in [6.45, 7) is 10.3. The first kappa shape index (κ1) is 21.9. The number of ether oxygens (including phenoxy) is 1. The molecule has 1 aromatic carbocycles. The number of benzene rings is 1. The molecular weight excluding hydrogens is 364 g/mol. The summed E-state index contributed by atoms with van der Waals surface area (Å²) in [5.41, 5.74) is 2.62. The Hall–Kier alpha value is -1.44. The number of rotatable bonds is 8. The Bertz CT molecular complexity index is 730. The predicted octanol–water partition coefficient (Wildman–Crippen LogP) is 2.56. The van der Waals surface area contributed by atoms with Crippen molar-refractivity contribution in [2.75, 3.05) is 32.8 Å². The van der Waals surface area contributed by atoms with Crippen molar-refractivity contribution in [3.63, 3.8) is 0 Å². The van der Waals surface area contributed by atoms with Crippen molar-refractivity contribution < 1.29 is 17.9 Å². The summed E-state index contributed by atoms with van der Waals surface area (Å²) in [5, 5.41) is 2.93. The molecule has 152 valence electrons. The second-order valence-electron chi connectivity index (χ2n) is 7.25. The molecule has 0 aliphatic carbocycles. The topological polar surface area (TPSA) is 75.7 Å². The molecule has 6 nitrogen and oxygen atoms in total. The molecule has 0 saturated carbocycles. The molecule has 7 heteroatoms. The van der Waals surface area contributed by atoms with Crippen molar-refractivity contribution >= 4 is 15.9 Å². The number of sulfonamides is 1. The van der Waals surface area contributed by atoms with E-state index in [1.165, 1.54) is 4.31 Å². The SMILES string of the molecule is CCOCCCNC(=O)C1CCN(S(=O)(=O)c2c(C)cc(C)cc2C)CC1. The van der Waals surface area contributed by atoms with E-state index in [1.54, 1.807) is 0 Å².